The molecule has 0 unspecified atom stereocenters. The van der Waals surface area contributed by atoms with Gasteiger partial charge in [0.2, 0.25) is 0 Å². The normalized spacial score (nSPS) is 20.5. The molecule has 4 nitrogen and oxygen atoms in total. The van der Waals surface area contributed by atoms with Crippen molar-refractivity contribution in [2.24, 2.45) is 5.73 Å². The molecule has 2 N–H and O–H groups in total. The fraction of sp³-hybridized carbons (Fsp3) is 0.455. The number of rotatable bonds is 0. The molecule has 15 heavy (non-hydrogen) atoms. The van der Waals surface area contributed by atoms with Gasteiger partial charge >= 0.3 is 0 Å². The van der Waals surface area contributed by atoms with Crippen molar-refractivity contribution >= 4 is 5.65 Å². The monoisotopic (exact) mass is 202 g/mol. The highest BCUT2D eigenvalue weighted by Gasteiger charge is 2.18. The van der Waals surface area contributed by atoms with Gasteiger partial charge in [0.15, 0.2) is 5.65 Å². The van der Waals surface area contributed by atoms with E-state index in [2.05, 4.69) is 10.1 Å². The standard InChI is InChI=1S/C11H14N4/c1-7-4-11-13-6-8-5-9(12)2-3-10(8)15(11)14-7/h4,6,9H,2-3,5,12H2,1H3/t9-/m0/s1. The maximum Gasteiger partial charge on any atom is 0.155 e. The summed E-state index contributed by atoms with van der Waals surface area (Å²) in [6.07, 6.45) is 4.93. The Labute approximate surface area is 88.1 Å². The molecular formula is C11H14N4. The van der Waals surface area contributed by atoms with Gasteiger partial charge < -0.3 is 5.73 Å². The molecule has 0 radical (unpaired) electrons. The molecule has 1 aliphatic carbocycles. The Morgan fingerprint density at radius 2 is 2.40 bits per heavy atom. The molecule has 78 valence electrons. The Balaban J connectivity index is 2.24. The summed E-state index contributed by atoms with van der Waals surface area (Å²) in [6, 6.07) is 2.29. The van der Waals surface area contributed by atoms with Gasteiger partial charge in [-0.2, -0.15) is 5.10 Å². The summed E-state index contributed by atoms with van der Waals surface area (Å²) in [4.78, 5) is 4.39. The lowest BCUT2D eigenvalue weighted by atomic mass is 9.93. The van der Waals surface area contributed by atoms with Crippen LogP contribution in [-0.2, 0) is 12.8 Å². The van der Waals surface area contributed by atoms with Crippen LogP contribution in [0.15, 0.2) is 12.3 Å². The third-order valence-corrected chi connectivity index (χ3v) is 3.03. The average Bonchev–Trinajstić information content (AvgIpc) is 2.58. The molecule has 2 aromatic heterocycles. The van der Waals surface area contributed by atoms with E-state index in [1.807, 2.05) is 23.7 Å². The highest BCUT2D eigenvalue weighted by atomic mass is 15.3. The fourth-order valence-corrected chi connectivity index (χ4v) is 2.27. The molecule has 2 heterocycles. The maximum atomic E-state index is 5.94. The number of hydrogen-bond donors (Lipinski definition) is 1. The van der Waals surface area contributed by atoms with Crippen LogP contribution in [0.25, 0.3) is 5.65 Å². The fourth-order valence-electron chi connectivity index (χ4n) is 2.27. The van der Waals surface area contributed by atoms with Crippen molar-refractivity contribution in [1.29, 1.82) is 0 Å². The summed E-state index contributed by atoms with van der Waals surface area (Å²) < 4.78 is 1.97. The molecule has 3 rings (SSSR count). The topological polar surface area (TPSA) is 56.2 Å². The summed E-state index contributed by atoms with van der Waals surface area (Å²) in [5.41, 5.74) is 10.4. The van der Waals surface area contributed by atoms with Crippen molar-refractivity contribution in [3.63, 3.8) is 0 Å². The van der Waals surface area contributed by atoms with E-state index in [-0.39, 0.29) is 6.04 Å². The first kappa shape index (κ1) is 8.85. The van der Waals surface area contributed by atoms with Gasteiger partial charge in [-0.3, -0.25) is 0 Å². The molecule has 1 atom stereocenters. The van der Waals surface area contributed by atoms with Gasteiger partial charge in [-0.05, 0) is 31.7 Å². The van der Waals surface area contributed by atoms with Crippen LogP contribution in [-0.4, -0.2) is 20.6 Å². The molecule has 4 heteroatoms. The molecule has 0 fully saturated rings. The third kappa shape index (κ3) is 1.33. The Hall–Kier alpha value is -1.42. The zero-order chi connectivity index (χ0) is 10.4. The van der Waals surface area contributed by atoms with Crippen molar-refractivity contribution < 1.29 is 0 Å². The summed E-state index contributed by atoms with van der Waals surface area (Å²) in [6.45, 7) is 2.00. The van der Waals surface area contributed by atoms with Gasteiger partial charge in [0.25, 0.3) is 0 Å². The lowest BCUT2D eigenvalue weighted by Crippen LogP contribution is -2.29. The van der Waals surface area contributed by atoms with Crippen molar-refractivity contribution in [3.05, 3.63) is 29.2 Å². The second-order valence-corrected chi connectivity index (χ2v) is 4.29. The maximum absolute atomic E-state index is 5.94. The SMILES string of the molecule is Cc1cc2ncc3c(n2n1)CC[C@H](N)C3. The number of aromatic nitrogens is 3. The minimum atomic E-state index is 0.286. The van der Waals surface area contributed by atoms with E-state index in [4.69, 9.17) is 5.73 Å². The van der Waals surface area contributed by atoms with Crippen LogP contribution in [0, 0.1) is 6.92 Å². The zero-order valence-corrected chi connectivity index (χ0v) is 8.77. The van der Waals surface area contributed by atoms with Crippen molar-refractivity contribution in [3.8, 4) is 0 Å². The van der Waals surface area contributed by atoms with Crippen LogP contribution in [0.3, 0.4) is 0 Å². The minimum Gasteiger partial charge on any atom is -0.327 e. The van der Waals surface area contributed by atoms with E-state index < -0.39 is 0 Å². The quantitative estimate of drug-likeness (QED) is 0.689. The molecule has 0 saturated carbocycles. The molecule has 0 aliphatic heterocycles. The third-order valence-electron chi connectivity index (χ3n) is 3.03. The Bertz CT molecular complexity index is 515. The van der Waals surface area contributed by atoms with E-state index in [9.17, 15) is 0 Å². The van der Waals surface area contributed by atoms with E-state index >= 15 is 0 Å². The van der Waals surface area contributed by atoms with Gasteiger partial charge in [-0.1, -0.05) is 0 Å². The van der Waals surface area contributed by atoms with Crippen molar-refractivity contribution in [2.75, 3.05) is 0 Å². The zero-order valence-electron chi connectivity index (χ0n) is 8.77. The largest absolute Gasteiger partial charge is 0.327 e. The smallest absolute Gasteiger partial charge is 0.155 e. The molecule has 0 aromatic carbocycles. The van der Waals surface area contributed by atoms with Crippen LogP contribution >= 0.6 is 0 Å². The molecule has 2 aromatic rings. The van der Waals surface area contributed by atoms with Gasteiger partial charge in [0, 0.05) is 24.0 Å². The first-order valence-corrected chi connectivity index (χ1v) is 5.33. The second-order valence-electron chi connectivity index (χ2n) is 4.29. The van der Waals surface area contributed by atoms with Gasteiger partial charge in [-0.25, -0.2) is 9.50 Å². The van der Waals surface area contributed by atoms with Gasteiger partial charge in [0.1, 0.15) is 0 Å². The molecule has 0 amide bonds. The number of nitrogens with two attached hydrogens (primary N) is 1. The van der Waals surface area contributed by atoms with E-state index in [1.165, 1.54) is 11.3 Å². The predicted molar refractivity (Wildman–Crippen MR) is 57.7 cm³/mol. The van der Waals surface area contributed by atoms with Gasteiger partial charge in [0.05, 0.1) is 5.69 Å². The molecule has 0 spiro atoms. The van der Waals surface area contributed by atoms with E-state index in [1.54, 1.807) is 0 Å². The summed E-state index contributed by atoms with van der Waals surface area (Å²) in [7, 11) is 0. The van der Waals surface area contributed by atoms with E-state index in [0.717, 1.165) is 30.6 Å². The van der Waals surface area contributed by atoms with Crippen LogP contribution in [0.2, 0.25) is 0 Å². The number of fused-ring (bicyclic) bond motifs is 3. The van der Waals surface area contributed by atoms with Crippen molar-refractivity contribution in [2.45, 2.75) is 32.2 Å². The highest BCUT2D eigenvalue weighted by Crippen LogP contribution is 2.20. The number of aryl methyl sites for hydroxylation is 2. The first-order valence-electron chi connectivity index (χ1n) is 5.33. The predicted octanol–water partition coefficient (Wildman–Crippen LogP) is 0.854. The van der Waals surface area contributed by atoms with Crippen LogP contribution < -0.4 is 5.73 Å². The summed E-state index contributed by atoms with van der Waals surface area (Å²) in [5, 5.41) is 4.46. The van der Waals surface area contributed by atoms with E-state index in [0.29, 0.717) is 0 Å². The molecule has 1 aliphatic rings. The van der Waals surface area contributed by atoms with Crippen LogP contribution in [0.5, 0.6) is 0 Å². The Kier molecular flexibility index (Phi) is 1.79. The van der Waals surface area contributed by atoms with Gasteiger partial charge in [-0.15, -0.1) is 0 Å². The molecule has 0 bridgehead atoms. The van der Waals surface area contributed by atoms with Crippen LogP contribution in [0.1, 0.15) is 23.4 Å². The Morgan fingerprint density at radius 3 is 3.27 bits per heavy atom. The van der Waals surface area contributed by atoms with Crippen molar-refractivity contribution in [1.82, 2.24) is 14.6 Å². The second kappa shape index (κ2) is 3.03. The minimum absolute atomic E-state index is 0.286. The molecule has 0 saturated heterocycles. The summed E-state index contributed by atoms with van der Waals surface area (Å²) >= 11 is 0. The number of hydrogen-bond acceptors (Lipinski definition) is 3. The lowest BCUT2D eigenvalue weighted by molar-refractivity contribution is 0.553. The Morgan fingerprint density at radius 1 is 1.53 bits per heavy atom. The van der Waals surface area contributed by atoms with Crippen LogP contribution in [0.4, 0.5) is 0 Å². The first-order chi connectivity index (χ1) is 7.24. The summed E-state index contributed by atoms with van der Waals surface area (Å²) in [5.74, 6) is 0. The average molecular weight is 202 g/mol. The number of nitrogens with zero attached hydrogens (tertiary/aromatic N) is 3. The highest BCUT2D eigenvalue weighted by molar-refractivity contribution is 5.42. The lowest BCUT2D eigenvalue weighted by Gasteiger charge is -2.21. The molecular weight excluding hydrogens is 188 g/mol.